The van der Waals surface area contributed by atoms with E-state index in [0.29, 0.717) is 12.2 Å². The van der Waals surface area contributed by atoms with Crippen LogP contribution in [0.1, 0.15) is 17.0 Å². The third kappa shape index (κ3) is 4.64. The van der Waals surface area contributed by atoms with Gasteiger partial charge in [-0.25, -0.2) is 4.99 Å². The Kier molecular flexibility index (Phi) is 5.01. The molecule has 0 unspecified atom stereocenters. The van der Waals surface area contributed by atoms with Crippen molar-refractivity contribution in [2.75, 3.05) is 5.32 Å². The number of hydrogen-bond acceptors (Lipinski definition) is 3. The van der Waals surface area contributed by atoms with Crippen LogP contribution in [0.5, 0.6) is 5.75 Å². The van der Waals surface area contributed by atoms with Gasteiger partial charge in [0.15, 0.2) is 5.96 Å². The highest BCUT2D eigenvalue weighted by Crippen LogP contribution is 2.23. The molecule has 0 aliphatic rings. The summed E-state index contributed by atoms with van der Waals surface area (Å²) in [6, 6.07) is 5.23. The van der Waals surface area contributed by atoms with Gasteiger partial charge in [-0.05, 0) is 38.1 Å². The van der Waals surface area contributed by atoms with E-state index < -0.39 is 6.36 Å². The van der Waals surface area contributed by atoms with Crippen LogP contribution in [0.15, 0.2) is 29.3 Å². The fourth-order valence-corrected chi connectivity index (χ4v) is 2.14. The van der Waals surface area contributed by atoms with E-state index in [2.05, 4.69) is 20.1 Å². The Bertz CT molecular complexity index is 735. The maximum absolute atomic E-state index is 12.1. The smallest absolute Gasteiger partial charge is 0.406 e. The number of rotatable bonds is 4. The van der Waals surface area contributed by atoms with Crippen LogP contribution < -0.4 is 15.8 Å². The molecule has 0 saturated heterocycles. The lowest BCUT2D eigenvalue weighted by Crippen LogP contribution is -2.22. The number of guanidine groups is 1. The molecule has 0 saturated carbocycles. The summed E-state index contributed by atoms with van der Waals surface area (Å²) in [6.45, 7) is 4.19. The second-order valence-electron chi connectivity index (χ2n) is 5.17. The van der Waals surface area contributed by atoms with Gasteiger partial charge in [0.05, 0.1) is 12.2 Å². The zero-order chi connectivity index (χ0) is 17.9. The van der Waals surface area contributed by atoms with Crippen molar-refractivity contribution in [1.29, 1.82) is 0 Å². The fourth-order valence-electron chi connectivity index (χ4n) is 2.14. The zero-order valence-electron chi connectivity index (χ0n) is 13.5. The molecule has 9 heteroatoms. The predicted molar refractivity (Wildman–Crippen MR) is 84.8 cm³/mol. The van der Waals surface area contributed by atoms with Crippen molar-refractivity contribution in [2.24, 2.45) is 17.8 Å². The molecule has 0 fully saturated rings. The Morgan fingerprint density at radius 3 is 2.42 bits per heavy atom. The second kappa shape index (κ2) is 6.81. The topological polar surface area (TPSA) is 77.5 Å². The van der Waals surface area contributed by atoms with Crippen molar-refractivity contribution in [3.63, 3.8) is 0 Å². The fraction of sp³-hybridized carbons (Fsp3) is 0.333. The number of ether oxygens (including phenoxy) is 1. The van der Waals surface area contributed by atoms with Gasteiger partial charge in [-0.3, -0.25) is 4.68 Å². The van der Waals surface area contributed by atoms with Crippen molar-refractivity contribution in [3.05, 3.63) is 41.2 Å². The Balaban J connectivity index is 2.00. The first-order valence-corrected chi connectivity index (χ1v) is 7.07. The van der Waals surface area contributed by atoms with E-state index in [4.69, 9.17) is 5.73 Å². The monoisotopic (exact) mass is 341 g/mol. The summed E-state index contributed by atoms with van der Waals surface area (Å²) in [5, 5.41) is 7.10. The zero-order valence-corrected chi connectivity index (χ0v) is 13.5. The summed E-state index contributed by atoms with van der Waals surface area (Å²) >= 11 is 0. The molecule has 0 amide bonds. The highest BCUT2D eigenvalue weighted by atomic mass is 19.4. The maximum Gasteiger partial charge on any atom is 0.573 e. The molecular formula is C15H18F3N5O. The average molecular weight is 341 g/mol. The van der Waals surface area contributed by atoms with Crippen LogP contribution in [0, 0.1) is 13.8 Å². The molecule has 0 radical (unpaired) electrons. The summed E-state index contributed by atoms with van der Waals surface area (Å²) in [5.41, 5.74) is 9.16. The molecule has 2 aromatic rings. The summed E-state index contributed by atoms with van der Waals surface area (Å²) in [7, 11) is 1.85. The molecule has 0 atom stereocenters. The first kappa shape index (κ1) is 17.6. The molecule has 1 aromatic heterocycles. The number of aryl methyl sites for hydroxylation is 2. The van der Waals surface area contributed by atoms with Crippen molar-refractivity contribution in [2.45, 2.75) is 26.8 Å². The van der Waals surface area contributed by atoms with Crippen LogP contribution in [0.25, 0.3) is 0 Å². The quantitative estimate of drug-likeness (QED) is 0.662. The minimum absolute atomic E-state index is 0.155. The summed E-state index contributed by atoms with van der Waals surface area (Å²) in [4.78, 5) is 4.23. The highest BCUT2D eigenvalue weighted by Gasteiger charge is 2.30. The van der Waals surface area contributed by atoms with Gasteiger partial charge in [0, 0.05) is 24.0 Å². The van der Waals surface area contributed by atoms with Gasteiger partial charge in [0.25, 0.3) is 0 Å². The lowest BCUT2D eigenvalue weighted by molar-refractivity contribution is -0.274. The first-order valence-electron chi connectivity index (χ1n) is 7.07. The third-order valence-electron chi connectivity index (χ3n) is 3.43. The first-order chi connectivity index (χ1) is 11.2. The van der Waals surface area contributed by atoms with Crippen molar-refractivity contribution in [3.8, 4) is 5.75 Å². The Hall–Kier alpha value is -2.71. The number of hydrogen-bond donors (Lipinski definition) is 2. The van der Waals surface area contributed by atoms with Gasteiger partial charge in [-0.1, -0.05) is 0 Å². The summed E-state index contributed by atoms with van der Waals surface area (Å²) in [5.74, 6) is -0.146. The van der Waals surface area contributed by atoms with Gasteiger partial charge < -0.3 is 15.8 Å². The van der Waals surface area contributed by atoms with E-state index in [1.807, 2.05) is 20.9 Å². The molecule has 130 valence electrons. The number of alkyl halides is 3. The maximum atomic E-state index is 12.1. The number of aliphatic imine (C=N–C) groups is 1. The van der Waals surface area contributed by atoms with E-state index >= 15 is 0 Å². The number of benzene rings is 1. The van der Waals surface area contributed by atoms with E-state index in [1.54, 1.807) is 4.68 Å². The SMILES string of the molecule is Cc1nn(C)c(C)c1CN=C(N)Nc1ccc(OC(F)(F)F)cc1. The van der Waals surface area contributed by atoms with E-state index in [1.165, 1.54) is 24.3 Å². The summed E-state index contributed by atoms with van der Waals surface area (Å²) < 4.78 is 41.9. The minimum Gasteiger partial charge on any atom is -0.406 e. The molecule has 0 aliphatic carbocycles. The van der Waals surface area contributed by atoms with Crippen LogP contribution in [0.4, 0.5) is 18.9 Å². The molecule has 3 N–H and O–H groups in total. The van der Waals surface area contributed by atoms with Crippen molar-refractivity contribution < 1.29 is 17.9 Å². The number of anilines is 1. The van der Waals surface area contributed by atoms with Crippen LogP contribution in [0.2, 0.25) is 0 Å². The van der Waals surface area contributed by atoms with Gasteiger partial charge in [-0.2, -0.15) is 5.10 Å². The molecule has 0 spiro atoms. The van der Waals surface area contributed by atoms with Gasteiger partial charge in [-0.15, -0.1) is 13.2 Å². The van der Waals surface area contributed by atoms with Crippen LogP contribution in [-0.2, 0) is 13.6 Å². The van der Waals surface area contributed by atoms with E-state index in [-0.39, 0.29) is 11.7 Å². The molecule has 0 aliphatic heterocycles. The molecule has 2 rings (SSSR count). The second-order valence-corrected chi connectivity index (χ2v) is 5.17. The molecule has 6 nitrogen and oxygen atoms in total. The molecule has 24 heavy (non-hydrogen) atoms. The van der Waals surface area contributed by atoms with E-state index in [9.17, 15) is 13.2 Å². The Labute approximate surface area is 137 Å². The molecule has 1 aromatic carbocycles. The van der Waals surface area contributed by atoms with Gasteiger partial charge in [0.1, 0.15) is 5.75 Å². The molecule has 1 heterocycles. The average Bonchev–Trinajstić information content (AvgIpc) is 2.71. The number of halogens is 3. The van der Waals surface area contributed by atoms with Crippen LogP contribution >= 0.6 is 0 Å². The van der Waals surface area contributed by atoms with Crippen LogP contribution in [-0.4, -0.2) is 22.1 Å². The Morgan fingerprint density at radius 1 is 1.29 bits per heavy atom. The highest BCUT2D eigenvalue weighted by molar-refractivity contribution is 5.92. The lowest BCUT2D eigenvalue weighted by atomic mass is 10.2. The molecular weight excluding hydrogens is 323 g/mol. The minimum atomic E-state index is -4.71. The predicted octanol–water partition coefficient (Wildman–Crippen LogP) is 2.86. The van der Waals surface area contributed by atoms with Gasteiger partial charge >= 0.3 is 6.36 Å². The van der Waals surface area contributed by atoms with Gasteiger partial charge in [0.2, 0.25) is 0 Å². The Morgan fingerprint density at radius 2 is 1.92 bits per heavy atom. The van der Waals surface area contributed by atoms with Crippen LogP contribution in [0.3, 0.4) is 0 Å². The number of nitrogens with one attached hydrogen (secondary N) is 1. The van der Waals surface area contributed by atoms with Crippen molar-refractivity contribution >= 4 is 11.6 Å². The number of aromatic nitrogens is 2. The number of nitrogens with two attached hydrogens (primary N) is 1. The molecule has 0 bridgehead atoms. The third-order valence-corrected chi connectivity index (χ3v) is 3.43. The standard InChI is InChI=1S/C15H18F3N5O/c1-9-13(10(2)23(3)22-9)8-20-14(19)21-11-4-6-12(7-5-11)24-15(16,17)18/h4-7H,8H2,1-3H3,(H3,19,20,21). The lowest BCUT2D eigenvalue weighted by Gasteiger charge is -2.10. The summed E-state index contributed by atoms with van der Waals surface area (Å²) in [6.07, 6.45) is -4.71. The van der Waals surface area contributed by atoms with Crippen molar-refractivity contribution in [1.82, 2.24) is 9.78 Å². The number of nitrogens with zero attached hydrogens (tertiary/aromatic N) is 3. The van der Waals surface area contributed by atoms with E-state index in [0.717, 1.165) is 17.0 Å². The largest absolute Gasteiger partial charge is 0.573 e. The normalized spacial score (nSPS) is 12.3.